The SMILES string of the molecule is CN=C(NCc1ccc2c(c1)CCC2)N1CCC(OCC2CCCCO2)CC1.I. The highest BCUT2D eigenvalue weighted by Crippen LogP contribution is 2.23. The first-order valence-electron chi connectivity index (χ1n) is 11.1. The lowest BCUT2D eigenvalue weighted by atomic mass is 10.1. The second kappa shape index (κ2) is 11.5. The summed E-state index contributed by atoms with van der Waals surface area (Å²) in [5.74, 6) is 1.01. The Morgan fingerprint density at radius 1 is 1.14 bits per heavy atom. The second-order valence-corrected chi connectivity index (χ2v) is 8.37. The Kier molecular flexibility index (Phi) is 9.06. The summed E-state index contributed by atoms with van der Waals surface area (Å²) in [6.07, 6.45) is 10.2. The van der Waals surface area contributed by atoms with E-state index >= 15 is 0 Å². The number of ether oxygens (including phenoxy) is 2. The Bertz CT molecular complexity index is 668. The van der Waals surface area contributed by atoms with E-state index in [-0.39, 0.29) is 24.0 Å². The van der Waals surface area contributed by atoms with Crippen molar-refractivity contribution >= 4 is 29.9 Å². The number of likely N-dealkylation sites (tertiary alicyclic amines) is 1. The molecule has 0 aromatic heterocycles. The van der Waals surface area contributed by atoms with Crippen molar-refractivity contribution in [2.24, 2.45) is 4.99 Å². The van der Waals surface area contributed by atoms with Crippen LogP contribution in [-0.2, 0) is 28.9 Å². The van der Waals surface area contributed by atoms with Gasteiger partial charge in [-0.15, -0.1) is 24.0 Å². The molecule has 2 fully saturated rings. The Labute approximate surface area is 192 Å². The summed E-state index contributed by atoms with van der Waals surface area (Å²) < 4.78 is 11.9. The standard InChI is InChI=1S/C23H35N3O2.HI/c1-24-23(25-16-18-8-9-19-5-4-6-20(19)15-18)26-12-10-21(11-13-26)28-17-22-7-2-3-14-27-22;/h8-9,15,21-22H,2-7,10-14,16-17H2,1H3,(H,24,25);1H. The minimum atomic E-state index is 0. The van der Waals surface area contributed by atoms with E-state index in [0.717, 1.165) is 58.1 Å². The first-order chi connectivity index (χ1) is 13.8. The van der Waals surface area contributed by atoms with Crippen LogP contribution in [0.1, 0.15) is 55.2 Å². The molecule has 2 aliphatic heterocycles. The lowest BCUT2D eigenvalue weighted by Gasteiger charge is -2.35. The summed E-state index contributed by atoms with van der Waals surface area (Å²) in [6.45, 7) is 4.50. The van der Waals surface area contributed by atoms with E-state index in [4.69, 9.17) is 9.47 Å². The molecule has 0 bridgehead atoms. The van der Waals surface area contributed by atoms with Gasteiger partial charge >= 0.3 is 0 Å². The Morgan fingerprint density at radius 2 is 1.97 bits per heavy atom. The van der Waals surface area contributed by atoms with Crippen molar-refractivity contribution in [3.8, 4) is 0 Å². The van der Waals surface area contributed by atoms with Crippen molar-refractivity contribution in [2.45, 2.75) is 70.1 Å². The van der Waals surface area contributed by atoms with Crippen LogP contribution in [0.5, 0.6) is 0 Å². The summed E-state index contributed by atoms with van der Waals surface area (Å²) in [5, 5.41) is 3.56. The van der Waals surface area contributed by atoms with Gasteiger partial charge in [0.25, 0.3) is 0 Å². The molecule has 1 aromatic carbocycles. The Hall–Kier alpha value is -0.860. The number of fused-ring (bicyclic) bond motifs is 1. The minimum absolute atomic E-state index is 0. The maximum absolute atomic E-state index is 6.14. The van der Waals surface area contributed by atoms with Crippen molar-refractivity contribution < 1.29 is 9.47 Å². The molecule has 4 rings (SSSR count). The van der Waals surface area contributed by atoms with Crippen LogP contribution >= 0.6 is 24.0 Å². The zero-order valence-electron chi connectivity index (χ0n) is 17.7. The first kappa shape index (κ1) is 22.8. The van der Waals surface area contributed by atoms with Crippen LogP contribution in [0.25, 0.3) is 0 Å². The maximum Gasteiger partial charge on any atom is 0.193 e. The van der Waals surface area contributed by atoms with Crippen molar-refractivity contribution in [1.29, 1.82) is 0 Å². The van der Waals surface area contributed by atoms with E-state index in [1.165, 1.54) is 48.8 Å². The molecule has 2 saturated heterocycles. The van der Waals surface area contributed by atoms with Crippen molar-refractivity contribution in [3.05, 3.63) is 34.9 Å². The maximum atomic E-state index is 6.14. The van der Waals surface area contributed by atoms with Gasteiger partial charge in [-0.05, 0) is 68.1 Å². The van der Waals surface area contributed by atoms with Crippen LogP contribution in [0.2, 0.25) is 0 Å². The molecule has 2 heterocycles. The number of rotatable bonds is 5. The molecule has 0 saturated carbocycles. The monoisotopic (exact) mass is 513 g/mol. The summed E-state index contributed by atoms with van der Waals surface area (Å²) in [7, 11) is 1.88. The van der Waals surface area contributed by atoms with Gasteiger partial charge in [-0.3, -0.25) is 4.99 Å². The highest BCUT2D eigenvalue weighted by atomic mass is 127. The number of piperidine rings is 1. The Morgan fingerprint density at radius 3 is 2.72 bits per heavy atom. The van der Waals surface area contributed by atoms with E-state index in [1.54, 1.807) is 0 Å². The van der Waals surface area contributed by atoms with Crippen molar-refractivity contribution in [3.63, 3.8) is 0 Å². The van der Waals surface area contributed by atoms with E-state index in [0.29, 0.717) is 12.2 Å². The summed E-state index contributed by atoms with van der Waals surface area (Å²) in [5.41, 5.74) is 4.43. The average molecular weight is 513 g/mol. The molecule has 5 nitrogen and oxygen atoms in total. The fourth-order valence-corrected chi connectivity index (χ4v) is 4.67. The molecule has 29 heavy (non-hydrogen) atoms. The quantitative estimate of drug-likeness (QED) is 0.369. The van der Waals surface area contributed by atoms with Gasteiger partial charge in [0.15, 0.2) is 5.96 Å². The number of guanidine groups is 1. The van der Waals surface area contributed by atoms with E-state index in [1.807, 2.05) is 7.05 Å². The molecule has 0 spiro atoms. The number of hydrogen-bond acceptors (Lipinski definition) is 3. The van der Waals surface area contributed by atoms with Gasteiger partial charge in [-0.25, -0.2) is 0 Å². The molecule has 162 valence electrons. The smallest absolute Gasteiger partial charge is 0.193 e. The fraction of sp³-hybridized carbons (Fsp3) is 0.696. The zero-order valence-corrected chi connectivity index (χ0v) is 20.0. The fourth-order valence-electron chi connectivity index (χ4n) is 4.67. The molecule has 0 radical (unpaired) electrons. The van der Waals surface area contributed by atoms with Gasteiger partial charge in [-0.2, -0.15) is 0 Å². The molecule has 1 atom stereocenters. The number of nitrogens with one attached hydrogen (secondary N) is 1. The summed E-state index contributed by atoms with van der Waals surface area (Å²) >= 11 is 0. The van der Waals surface area contributed by atoms with Gasteiger partial charge in [0.1, 0.15) is 0 Å². The zero-order chi connectivity index (χ0) is 19.2. The van der Waals surface area contributed by atoms with Crippen LogP contribution in [-0.4, -0.2) is 56.4 Å². The topological polar surface area (TPSA) is 46.1 Å². The third-order valence-electron chi connectivity index (χ3n) is 6.36. The van der Waals surface area contributed by atoms with Crippen LogP contribution in [0, 0.1) is 0 Å². The number of aliphatic imine (C=N–C) groups is 1. The van der Waals surface area contributed by atoms with Crippen LogP contribution in [0.4, 0.5) is 0 Å². The average Bonchev–Trinajstić information content (AvgIpc) is 3.22. The lowest BCUT2D eigenvalue weighted by Crippen LogP contribution is -2.47. The molecular formula is C23H36IN3O2. The highest BCUT2D eigenvalue weighted by Gasteiger charge is 2.23. The second-order valence-electron chi connectivity index (χ2n) is 8.37. The predicted molar refractivity (Wildman–Crippen MR) is 128 cm³/mol. The largest absolute Gasteiger partial charge is 0.376 e. The van der Waals surface area contributed by atoms with E-state index < -0.39 is 0 Å². The summed E-state index contributed by atoms with van der Waals surface area (Å²) in [6, 6.07) is 6.94. The molecule has 6 heteroatoms. The van der Waals surface area contributed by atoms with Crippen molar-refractivity contribution in [1.82, 2.24) is 10.2 Å². The molecule has 1 aliphatic carbocycles. The minimum Gasteiger partial charge on any atom is -0.376 e. The molecule has 1 unspecified atom stereocenters. The van der Waals surface area contributed by atoms with Gasteiger partial charge < -0.3 is 19.7 Å². The number of hydrogen-bond donors (Lipinski definition) is 1. The predicted octanol–water partition coefficient (Wildman–Crippen LogP) is 3.92. The van der Waals surface area contributed by atoms with Gasteiger partial charge in [0.05, 0.1) is 18.8 Å². The number of aryl methyl sites for hydroxylation is 2. The normalized spacial score (nSPS) is 22.9. The third-order valence-corrected chi connectivity index (χ3v) is 6.36. The number of halogens is 1. The first-order valence-corrected chi connectivity index (χ1v) is 11.1. The molecule has 3 aliphatic rings. The molecular weight excluding hydrogens is 477 g/mol. The third kappa shape index (κ3) is 6.31. The van der Waals surface area contributed by atoms with Crippen LogP contribution < -0.4 is 5.32 Å². The van der Waals surface area contributed by atoms with E-state index in [2.05, 4.69) is 33.4 Å². The summed E-state index contributed by atoms with van der Waals surface area (Å²) in [4.78, 5) is 6.88. The van der Waals surface area contributed by atoms with Gasteiger partial charge in [-0.1, -0.05) is 18.2 Å². The van der Waals surface area contributed by atoms with Gasteiger partial charge in [0.2, 0.25) is 0 Å². The molecule has 1 N–H and O–H groups in total. The number of benzene rings is 1. The van der Waals surface area contributed by atoms with E-state index in [9.17, 15) is 0 Å². The van der Waals surface area contributed by atoms with Crippen molar-refractivity contribution in [2.75, 3.05) is 33.4 Å². The molecule has 1 aromatic rings. The number of nitrogens with zero attached hydrogens (tertiary/aromatic N) is 2. The lowest BCUT2D eigenvalue weighted by molar-refractivity contribution is -0.0721. The Balaban J connectivity index is 0.00000240. The van der Waals surface area contributed by atoms with Crippen LogP contribution in [0.3, 0.4) is 0 Å². The molecule has 0 amide bonds. The highest BCUT2D eigenvalue weighted by molar-refractivity contribution is 14.0. The van der Waals surface area contributed by atoms with Gasteiger partial charge in [0, 0.05) is 33.3 Å². The van der Waals surface area contributed by atoms with Crippen LogP contribution in [0.15, 0.2) is 23.2 Å².